The van der Waals surface area contributed by atoms with Crippen LogP contribution in [0.5, 0.6) is 0 Å². The van der Waals surface area contributed by atoms with Crippen LogP contribution in [0.4, 0.5) is 4.39 Å². The predicted molar refractivity (Wildman–Crippen MR) is 65.8 cm³/mol. The zero-order valence-corrected chi connectivity index (χ0v) is 9.55. The van der Waals surface area contributed by atoms with Crippen LogP contribution in [0.1, 0.15) is 30.5 Å². The largest absolute Gasteiger partial charge is 0.358 e. The lowest BCUT2D eigenvalue weighted by molar-refractivity contribution is 0.629. The second kappa shape index (κ2) is 3.99. The van der Waals surface area contributed by atoms with Crippen LogP contribution in [0.3, 0.4) is 0 Å². The van der Waals surface area contributed by atoms with Crippen molar-refractivity contribution in [3.8, 4) is 0 Å². The number of hydrogen-bond donors (Lipinski definition) is 1. The van der Waals surface area contributed by atoms with Gasteiger partial charge in [0, 0.05) is 22.2 Å². The quantitative estimate of drug-likeness (QED) is 0.695. The van der Waals surface area contributed by atoms with Gasteiger partial charge in [0.25, 0.3) is 0 Å². The lowest BCUT2D eigenvalue weighted by Gasteiger charge is -2.07. The molecule has 0 spiro atoms. The van der Waals surface area contributed by atoms with Crippen LogP contribution < -0.4 is 5.43 Å². The van der Waals surface area contributed by atoms with Gasteiger partial charge in [-0.25, -0.2) is 4.39 Å². The van der Waals surface area contributed by atoms with Crippen molar-refractivity contribution in [2.24, 2.45) is 0 Å². The van der Waals surface area contributed by atoms with E-state index in [9.17, 15) is 9.18 Å². The first-order valence-electron chi connectivity index (χ1n) is 6.09. The van der Waals surface area contributed by atoms with Crippen molar-refractivity contribution in [3.05, 3.63) is 45.5 Å². The van der Waals surface area contributed by atoms with Gasteiger partial charge < -0.3 is 4.98 Å². The zero-order valence-electron chi connectivity index (χ0n) is 9.55. The number of aryl methyl sites for hydroxylation is 1. The molecule has 1 heterocycles. The van der Waals surface area contributed by atoms with Crippen LogP contribution in [0.2, 0.25) is 0 Å². The molecule has 0 aliphatic heterocycles. The first kappa shape index (κ1) is 10.5. The molecule has 2 nitrogen and oxygen atoms in total. The Labute approximate surface area is 98.5 Å². The van der Waals surface area contributed by atoms with Crippen LogP contribution in [0.25, 0.3) is 10.9 Å². The highest BCUT2D eigenvalue weighted by atomic mass is 19.1. The summed E-state index contributed by atoms with van der Waals surface area (Å²) in [6.07, 6.45) is 5.08. The topological polar surface area (TPSA) is 32.9 Å². The summed E-state index contributed by atoms with van der Waals surface area (Å²) in [4.78, 5) is 15.6. The smallest absolute Gasteiger partial charge is 0.192 e. The van der Waals surface area contributed by atoms with Crippen LogP contribution in [0, 0.1) is 5.82 Å². The first-order valence-corrected chi connectivity index (χ1v) is 6.09. The fraction of sp³-hybridized carbons (Fsp3) is 0.357. The van der Waals surface area contributed by atoms with E-state index in [0.29, 0.717) is 5.39 Å². The second-order valence-corrected chi connectivity index (χ2v) is 4.66. The molecule has 0 amide bonds. The van der Waals surface area contributed by atoms with Crippen molar-refractivity contribution in [1.29, 1.82) is 0 Å². The lowest BCUT2D eigenvalue weighted by Crippen LogP contribution is -2.14. The summed E-state index contributed by atoms with van der Waals surface area (Å²) in [5.74, 6) is -0.350. The van der Waals surface area contributed by atoms with Gasteiger partial charge in [-0.2, -0.15) is 0 Å². The van der Waals surface area contributed by atoms with Gasteiger partial charge in [-0.3, -0.25) is 4.79 Å². The van der Waals surface area contributed by atoms with Gasteiger partial charge in [0.15, 0.2) is 5.43 Å². The molecule has 0 fully saturated rings. The molecule has 1 aromatic carbocycles. The average molecular weight is 231 g/mol. The van der Waals surface area contributed by atoms with E-state index in [1.165, 1.54) is 12.1 Å². The zero-order chi connectivity index (χ0) is 11.8. The van der Waals surface area contributed by atoms with Crippen LogP contribution >= 0.6 is 0 Å². The number of pyridine rings is 1. The monoisotopic (exact) mass is 231 g/mol. The number of benzene rings is 1. The molecule has 0 saturated carbocycles. The fourth-order valence-corrected chi connectivity index (χ4v) is 2.61. The summed E-state index contributed by atoms with van der Waals surface area (Å²) in [6.45, 7) is 0. The van der Waals surface area contributed by atoms with Crippen molar-refractivity contribution in [3.63, 3.8) is 0 Å². The molecule has 17 heavy (non-hydrogen) atoms. The van der Waals surface area contributed by atoms with E-state index in [1.807, 2.05) is 0 Å². The summed E-state index contributed by atoms with van der Waals surface area (Å²) in [7, 11) is 0. The van der Waals surface area contributed by atoms with Crippen molar-refractivity contribution >= 4 is 10.9 Å². The van der Waals surface area contributed by atoms with Gasteiger partial charge in [-0.15, -0.1) is 0 Å². The molecule has 3 rings (SSSR count). The van der Waals surface area contributed by atoms with Crippen LogP contribution in [-0.4, -0.2) is 4.98 Å². The van der Waals surface area contributed by atoms with E-state index in [-0.39, 0.29) is 11.2 Å². The van der Waals surface area contributed by atoms with Gasteiger partial charge in [-0.05, 0) is 43.9 Å². The minimum Gasteiger partial charge on any atom is -0.358 e. The van der Waals surface area contributed by atoms with Crippen LogP contribution in [-0.2, 0) is 12.8 Å². The molecule has 1 aliphatic carbocycles. The first-order chi connectivity index (χ1) is 8.25. The third-order valence-corrected chi connectivity index (χ3v) is 3.50. The minimum atomic E-state index is -0.350. The normalized spacial score (nSPS) is 15.6. The van der Waals surface area contributed by atoms with Gasteiger partial charge in [0.2, 0.25) is 0 Å². The van der Waals surface area contributed by atoms with Gasteiger partial charge in [-0.1, -0.05) is 6.42 Å². The molecule has 0 atom stereocenters. The number of H-pyrrole nitrogens is 1. The van der Waals surface area contributed by atoms with Crippen molar-refractivity contribution in [2.75, 3.05) is 0 Å². The Kier molecular flexibility index (Phi) is 2.46. The number of halogens is 1. The molecule has 0 unspecified atom stereocenters. The fourth-order valence-electron chi connectivity index (χ4n) is 2.61. The molecule has 1 aromatic heterocycles. The number of aromatic nitrogens is 1. The summed E-state index contributed by atoms with van der Waals surface area (Å²) < 4.78 is 13.2. The molecule has 0 radical (unpaired) electrons. The highest BCUT2D eigenvalue weighted by Crippen LogP contribution is 2.19. The van der Waals surface area contributed by atoms with E-state index < -0.39 is 0 Å². The third-order valence-electron chi connectivity index (χ3n) is 3.50. The highest BCUT2D eigenvalue weighted by molar-refractivity contribution is 5.79. The van der Waals surface area contributed by atoms with Crippen molar-refractivity contribution in [1.82, 2.24) is 4.98 Å². The van der Waals surface area contributed by atoms with Gasteiger partial charge in [0.05, 0.1) is 0 Å². The second-order valence-electron chi connectivity index (χ2n) is 4.66. The molecule has 3 heteroatoms. The molecule has 88 valence electrons. The number of hydrogen-bond acceptors (Lipinski definition) is 1. The Morgan fingerprint density at radius 2 is 1.94 bits per heavy atom. The Hall–Kier alpha value is -1.64. The summed E-state index contributed by atoms with van der Waals surface area (Å²) in [5, 5.41) is 0.477. The van der Waals surface area contributed by atoms with Crippen LogP contribution in [0.15, 0.2) is 23.0 Å². The van der Waals surface area contributed by atoms with E-state index >= 15 is 0 Å². The molecule has 1 N–H and O–H groups in total. The third kappa shape index (κ3) is 1.75. The molecule has 1 aliphatic rings. The van der Waals surface area contributed by atoms with E-state index in [1.54, 1.807) is 6.07 Å². The average Bonchev–Trinajstić information content (AvgIpc) is 2.56. The van der Waals surface area contributed by atoms with E-state index in [4.69, 9.17) is 0 Å². The minimum absolute atomic E-state index is 0.00940. The standard InChI is InChI=1S/C14H14FNO/c15-9-6-7-13-11(8-9)14(17)10-4-2-1-3-5-12(10)16-13/h6-8H,1-5H2,(H,16,17). The SMILES string of the molecule is O=c1c2c([nH]c3ccc(F)cc13)CCCCC2. The Morgan fingerprint density at radius 1 is 1.12 bits per heavy atom. The van der Waals surface area contributed by atoms with Crippen molar-refractivity contribution < 1.29 is 4.39 Å². The van der Waals surface area contributed by atoms with E-state index in [2.05, 4.69) is 4.98 Å². The van der Waals surface area contributed by atoms with Gasteiger partial charge in [0.1, 0.15) is 5.82 Å². The summed E-state index contributed by atoms with van der Waals surface area (Å²) >= 11 is 0. The molecule has 2 aromatic rings. The summed E-state index contributed by atoms with van der Waals surface area (Å²) in [6, 6.07) is 4.37. The maximum atomic E-state index is 13.2. The maximum absolute atomic E-state index is 13.2. The van der Waals surface area contributed by atoms with E-state index in [0.717, 1.165) is 48.9 Å². The van der Waals surface area contributed by atoms with Gasteiger partial charge >= 0.3 is 0 Å². The lowest BCUT2D eigenvalue weighted by atomic mass is 10.0. The molecular formula is C14H14FNO. The number of fused-ring (bicyclic) bond motifs is 2. The summed E-state index contributed by atoms with van der Waals surface area (Å²) in [5.41, 5.74) is 2.67. The number of rotatable bonds is 0. The Morgan fingerprint density at radius 3 is 2.82 bits per heavy atom. The maximum Gasteiger partial charge on any atom is 0.192 e. The highest BCUT2D eigenvalue weighted by Gasteiger charge is 2.14. The predicted octanol–water partition coefficient (Wildman–Crippen LogP) is 2.94. The number of aromatic amines is 1. The Balaban J connectivity index is 2.33. The molecular weight excluding hydrogens is 217 g/mol. The number of nitrogens with one attached hydrogen (secondary N) is 1. The molecule has 0 saturated heterocycles. The Bertz CT molecular complexity index is 630. The molecule has 0 bridgehead atoms. The van der Waals surface area contributed by atoms with Crippen molar-refractivity contribution in [2.45, 2.75) is 32.1 Å².